The van der Waals surface area contributed by atoms with Crippen LogP contribution >= 0.6 is 24.0 Å². The van der Waals surface area contributed by atoms with Gasteiger partial charge in [0.25, 0.3) is 0 Å². The van der Waals surface area contributed by atoms with E-state index in [4.69, 9.17) is 19.2 Å². The third kappa shape index (κ3) is 8.18. The molecule has 1 saturated heterocycles. The monoisotopic (exact) mass is 520 g/mol. The van der Waals surface area contributed by atoms with Crippen LogP contribution in [-0.4, -0.2) is 76.6 Å². The maximum Gasteiger partial charge on any atom is 0.191 e. The largest absolute Gasteiger partial charge is 0.497 e. The van der Waals surface area contributed by atoms with Gasteiger partial charge in [-0.15, -0.1) is 24.0 Å². The minimum absolute atomic E-state index is 0. The number of nitrogens with one attached hydrogen (secondary N) is 2. The third-order valence-corrected chi connectivity index (χ3v) is 5.01. The van der Waals surface area contributed by atoms with Crippen molar-refractivity contribution >= 4 is 29.9 Å². The van der Waals surface area contributed by atoms with Crippen molar-refractivity contribution < 1.29 is 14.2 Å². The smallest absolute Gasteiger partial charge is 0.191 e. The molecule has 1 aliphatic rings. The van der Waals surface area contributed by atoms with Gasteiger partial charge in [-0.3, -0.25) is 9.89 Å². The molecule has 2 rings (SSSR count). The molecule has 0 bridgehead atoms. The molecule has 1 aromatic rings. The molecule has 0 spiro atoms. The van der Waals surface area contributed by atoms with E-state index in [0.29, 0.717) is 0 Å². The summed E-state index contributed by atoms with van der Waals surface area (Å²) in [4.78, 5) is 7.27. The molecule has 7 nitrogen and oxygen atoms in total. The van der Waals surface area contributed by atoms with Crippen LogP contribution in [0.15, 0.2) is 23.2 Å². The first kappa shape index (κ1) is 25.8. The molecule has 0 aliphatic carbocycles. The number of morpholine rings is 1. The number of hydrogen-bond acceptors (Lipinski definition) is 5. The molecule has 0 unspecified atom stereocenters. The second kappa shape index (κ2) is 13.1. The standard InChI is InChI=1S/C21H36N4O3.HI/c1-6-22-20(24-16-21(2,3)25-11-13-28-14-12-25)23-10-9-17-15-18(26-4)7-8-19(17)27-5;/h7-8,15H,6,9-14,16H2,1-5H3,(H2,22,23,24);1H. The molecule has 166 valence electrons. The first-order chi connectivity index (χ1) is 13.5. The van der Waals surface area contributed by atoms with Crippen LogP contribution in [0.5, 0.6) is 11.5 Å². The van der Waals surface area contributed by atoms with E-state index in [1.165, 1.54) is 0 Å². The molecule has 0 amide bonds. The number of nitrogens with zero attached hydrogens (tertiary/aromatic N) is 2. The zero-order chi connectivity index (χ0) is 20.4. The van der Waals surface area contributed by atoms with Gasteiger partial charge < -0.3 is 24.8 Å². The summed E-state index contributed by atoms with van der Waals surface area (Å²) in [6.07, 6.45) is 0.817. The number of guanidine groups is 1. The topological polar surface area (TPSA) is 67.4 Å². The average Bonchev–Trinajstić information content (AvgIpc) is 2.72. The van der Waals surface area contributed by atoms with Crippen molar-refractivity contribution in [2.75, 3.05) is 60.2 Å². The van der Waals surface area contributed by atoms with Crippen LogP contribution in [0.2, 0.25) is 0 Å². The molecule has 0 radical (unpaired) electrons. The Morgan fingerprint density at radius 2 is 1.90 bits per heavy atom. The zero-order valence-corrected chi connectivity index (χ0v) is 20.7. The summed E-state index contributed by atoms with van der Waals surface area (Å²) in [6.45, 7) is 12.4. The zero-order valence-electron chi connectivity index (χ0n) is 18.4. The van der Waals surface area contributed by atoms with Crippen LogP contribution in [0.4, 0.5) is 0 Å². The molecule has 0 saturated carbocycles. The van der Waals surface area contributed by atoms with Crippen molar-refractivity contribution in [2.45, 2.75) is 32.7 Å². The highest BCUT2D eigenvalue weighted by Crippen LogP contribution is 2.24. The minimum atomic E-state index is 0. The third-order valence-electron chi connectivity index (χ3n) is 5.01. The van der Waals surface area contributed by atoms with Crippen molar-refractivity contribution in [3.63, 3.8) is 0 Å². The highest BCUT2D eigenvalue weighted by atomic mass is 127. The van der Waals surface area contributed by atoms with Gasteiger partial charge in [0, 0.05) is 31.7 Å². The Bertz CT molecular complexity index is 634. The van der Waals surface area contributed by atoms with Gasteiger partial charge in [-0.2, -0.15) is 0 Å². The second-order valence-electron chi connectivity index (χ2n) is 7.46. The van der Waals surface area contributed by atoms with Crippen molar-refractivity contribution in [3.8, 4) is 11.5 Å². The van der Waals surface area contributed by atoms with Gasteiger partial charge in [-0.05, 0) is 51.0 Å². The molecule has 0 aromatic heterocycles. The van der Waals surface area contributed by atoms with Crippen molar-refractivity contribution in [2.24, 2.45) is 4.99 Å². The van der Waals surface area contributed by atoms with Crippen LogP contribution in [0.3, 0.4) is 0 Å². The predicted molar refractivity (Wildman–Crippen MR) is 129 cm³/mol. The van der Waals surface area contributed by atoms with Gasteiger partial charge in [0.05, 0.1) is 34.0 Å². The number of halogens is 1. The summed E-state index contributed by atoms with van der Waals surface area (Å²) >= 11 is 0. The fourth-order valence-electron chi connectivity index (χ4n) is 3.28. The van der Waals surface area contributed by atoms with E-state index in [9.17, 15) is 0 Å². The molecule has 1 heterocycles. The lowest BCUT2D eigenvalue weighted by Crippen LogP contribution is -2.52. The van der Waals surface area contributed by atoms with Gasteiger partial charge >= 0.3 is 0 Å². The first-order valence-corrected chi connectivity index (χ1v) is 10.1. The van der Waals surface area contributed by atoms with Crippen LogP contribution in [-0.2, 0) is 11.2 Å². The molecule has 1 aliphatic heterocycles. The highest BCUT2D eigenvalue weighted by Gasteiger charge is 2.28. The molecule has 0 atom stereocenters. The summed E-state index contributed by atoms with van der Waals surface area (Å²) in [7, 11) is 3.37. The fourth-order valence-corrected chi connectivity index (χ4v) is 3.28. The summed E-state index contributed by atoms with van der Waals surface area (Å²) in [6, 6.07) is 5.87. The Kier molecular flexibility index (Phi) is 11.7. The summed E-state index contributed by atoms with van der Waals surface area (Å²) in [5.41, 5.74) is 1.11. The van der Waals surface area contributed by atoms with Gasteiger partial charge in [0.15, 0.2) is 5.96 Å². The van der Waals surface area contributed by atoms with E-state index in [1.54, 1.807) is 14.2 Å². The maximum absolute atomic E-state index is 5.47. The highest BCUT2D eigenvalue weighted by molar-refractivity contribution is 14.0. The fraction of sp³-hybridized carbons (Fsp3) is 0.667. The lowest BCUT2D eigenvalue weighted by molar-refractivity contribution is -0.00683. The quantitative estimate of drug-likeness (QED) is 0.297. The van der Waals surface area contributed by atoms with Crippen LogP contribution < -0.4 is 20.1 Å². The lowest BCUT2D eigenvalue weighted by Gasteiger charge is -2.39. The Morgan fingerprint density at radius 3 is 2.52 bits per heavy atom. The Balaban J connectivity index is 0.00000420. The van der Waals surface area contributed by atoms with E-state index in [1.807, 2.05) is 18.2 Å². The van der Waals surface area contributed by atoms with Crippen molar-refractivity contribution in [3.05, 3.63) is 23.8 Å². The minimum Gasteiger partial charge on any atom is -0.497 e. The number of ether oxygens (including phenoxy) is 3. The number of benzene rings is 1. The van der Waals surface area contributed by atoms with Crippen molar-refractivity contribution in [1.29, 1.82) is 0 Å². The van der Waals surface area contributed by atoms with E-state index in [0.717, 1.165) is 75.4 Å². The maximum atomic E-state index is 5.47. The molecular formula is C21H37IN4O3. The Morgan fingerprint density at radius 1 is 1.17 bits per heavy atom. The summed E-state index contributed by atoms with van der Waals surface area (Å²) in [5, 5.41) is 6.77. The molecule has 1 aromatic carbocycles. The molecule has 1 fully saturated rings. The Labute approximate surface area is 192 Å². The SMILES string of the molecule is CCNC(=NCC(C)(C)N1CCOCC1)NCCc1cc(OC)ccc1OC.I. The number of rotatable bonds is 9. The second-order valence-corrected chi connectivity index (χ2v) is 7.46. The van der Waals surface area contributed by atoms with Gasteiger partial charge in [0.2, 0.25) is 0 Å². The van der Waals surface area contributed by atoms with Gasteiger partial charge in [-0.1, -0.05) is 0 Å². The van der Waals surface area contributed by atoms with Gasteiger partial charge in [-0.25, -0.2) is 0 Å². The molecule has 29 heavy (non-hydrogen) atoms. The van der Waals surface area contributed by atoms with E-state index < -0.39 is 0 Å². The predicted octanol–water partition coefficient (Wildman–Crippen LogP) is 2.53. The van der Waals surface area contributed by atoms with Crippen molar-refractivity contribution in [1.82, 2.24) is 15.5 Å². The number of methoxy groups -OCH3 is 2. The van der Waals surface area contributed by atoms with Gasteiger partial charge in [0.1, 0.15) is 11.5 Å². The molecule has 2 N–H and O–H groups in total. The molecular weight excluding hydrogens is 483 g/mol. The Hall–Kier alpha value is -1.26. The van der Waals surface area contributed by atoms with Crippen LogP contribution in [0.25, 0.3) is 0 Å². The van der Waals surface area contributed by atoms with Crippen LogP contribution in [0.1, 0.15) is 26.3 Å². The lowest BCUT2D eigenvalue weighted by atomic mass is 10.0. The average molecular weight is 520 g/mol. The number of hydrogen-bond donors (Lipinski definition) is 2. The summed E-state index contributed by atoms with van der Waals surface area (Å²) in [5.74, 6) is 2.55. The molecule has 8 heteroatoms. The first-order valence-electron chi connectivity index (χ1n) is 10.1. The number of aliphatic imine (C=N–C) groups is 1. The van der Waals surface area contributed by atoms with E-state index in [2.05, 4.69) is 36.3 Å². The normalized spacial score (nSPS) is 15.4. The summed E-state index contributed by atoms with van der Waals surface area (Å²) < 4.78 is 16.3. The van der Waals surface area contributed by atoms with E-state index in [-0.39, 0.29) is 29.5 Å². The van der Waals surface area contributed by atoms with Crippen LogP contribution in [0, 0.1) is 0 Å². The van der Waals surface area contributed by atoms with E-state index >= 15 is 0 Å².